The van der Waals surface area contributed by atoms with Gasteiger partial charge in [-0.05, 0) is 19.4 Å². The summed E-state index contributed by atoms with van der Waals surface area (Å²) in [6.07, 6.45) is 2.53. The first-order chi connectivity index (χ1) is 14.1. The van der Waals surface area contributed by atoms with Gasteiger partial charge in [0.05, 0.1) is 12.0 Å². The summed E-state index contributed by atoms with van der Waals surface area (Å²) in [7, 11) is 0. The monoisotopic (exact) mass is 400 g/mol. The van der Waals surface area contributed by atoms with E-state index in [1.165, 1.54) is 4.68 Å². The van der Waals surface area contributed by atoms with E-state index in [2.05, 4.69) is 12.0 Å². The maximum atomic E-state index is 13.2. The highest BCUT2D eigenvalue weighted by molar-refractivity contribution is 6.04. The summed E-state index contributed by atoms with van der Waals surface area (Å²) in [5, 5.41) is 5.52. The first-order valence-electron chi connectivity index (χ1n) is 10.3. The van der Waals surface area contributed by atoms with Crippen molar-refractivity contribution in [2.24, 2.45) is 0 Å². The molecular weight excluding hydrogens is 372 g/mol. The van der Waals surface area contributed by atoms with E-state index in [1.807, 2.05) is 0 Å². The SMILES string of the molecule is CCCCCn1nc(C(=O)N2CCN(C(=O)OCC)CC2)c2ccccc2c1=O. The van der Waals surface area contributed by atoms with Gasteiger partial charge < -0.3 is 14.5 Å². The zero-order valence-corrected chi connectivity index (χ0v) is 17.1. The lowest BCUT2D eigenvalue weighted by Gasteiger charge is -2.34. The standard InChI is InChI=1S/C21H28N4O4/c1-3-5-8-11-25-19(26)17-10-7-6-9-16(17)18(22-25)20(27)23-12-14-24(15-13-23)21(28)29-4-2/h6-7,9-10H,3-5,8,11-15H2,1-2H3. The molecule has 156 valence electrons. The van der Waals surface area contributed by atoms with Gasteiger partial charge in [-0.2, -0.15) is 5.10 Å². The van der Waals surface area contributed by atoms with Gasteiger partial charge >= 0.3 is 6.09 Å². The number of hydrogen-bond donors (Lipinski definition) is 0. The highest BCUT2D eigenvalue weighted by atomic mass is 16.6. The molecule has 2 heterocycles. The van der Waals surface area contributed by atoms with Crippen LogP contribution in [0.3, 0.4) is 0 Å². The minimum Gasteiger partial charge on any atom is -0.450 e. The van der Waals surface area contributed by atoms with Gasteiger partial charge in [-0.3, -0.25) is 9.59 Å². The number of carbonyl (C=O) groups excluding carboxylic acids is 2. The Balaban J connectivity index is 1.85. The fraction of sp³-hybridized carbons (Fsp3) is 0.524. The predicted molar refractivity (Wildman–Crippen MR) is 110 cm³/mol. The number of fused-ring (bicyclic) bond motifs is 1. The Morgan fingerprint density at radius 3 is 2.31 bits per heavy atom. The number of amides is 2. The van der Waals surface area contributed by atoms with E-state index >= 15 is 0 Å². The number of piperazine rings is 1. The molecule has 1 fully saturated rings. The van der Waals surface area contributed by atoms with E-state index in [9.17, 15) is 14.4 Å². The molecule has 0 N–H and O–H groups in total. The topological polar surface area (TPSA) is 84.7 Å². The number of nitrogens with zero attached hydrogens (tertiary/aromatic N) is 4. The molecule has 0 unspecified atom stereocenters. The lowest BCUT2D eigenvalue weighted by atomic mass is 10.1. The number of carbonyl (C=O) groups is 2. The van der Waals surface area contributed by atoms with Crippen LogP contribution in [-0.2, 0) is 11.3 Å². The Labute approximate surface area is 170 Å². The fourth-order valence-corrected chi connectivity index (χ4v) is 3.51. The van der Waals surface area contributed by atoms with Gasteiger partial charge in [0.25, 0.3) is 11.5 Å². The molecular formula is C21H28N4O4. The lowest BCUT2D eigenvalue weighted by Crippen LogP contribution is -2.51. The third-order valence-electron chi connectivity index (χ3n) is 5.14. The molecule has 0 bridgehead atoms. The molecule has 1 aromatic heterocycles. The average Bonchev–Trinajstić information content (AvgIpc) is 2.75. The Bertz CT molecular complexity index is 932. The summed E-state index contributed by atoms with van der Waals surface area (Å²) < 4.78 is 6.44. The van der Waals surface area contributed by atoms with Gasteiger partial charge in [-0.25, -0.2) is 9.48 Å². The van der Waals surface area contributed by atoms with Gasteiger partial charge in [0.15, 0.2) is 5.69 Å². The molecule has 0 spiro atoms. The molecule has 8 nitrogen and oxygen atoms in total. The van der Waals surface area contributed by atoms with Crippen molar-refractivity contribution < 1.29 is 14.3 Å². The molecule has 29 heavy (non-hydrogen) atoms. The maximum absolute atomic E-state index is 13.2. The van der Waals surface area contributed by atoms with Gasteiger partial charge in [0, 0.05) is 38.1 Å². The van der Waals surface area contributed by atoms with Crippen molar-refractivity contribution >= 4 is 22.8 Å². The largest absolute Gasteiger partial charge is 0.450 e. The van der Waals surface area contributed by atoms with E-state index < -0.39 is 0 Å². The van der Waals surface area contributed by atoms with Crippen LogP contribution in [0.25, 0.3) is 10.8 Å². The first kappa shape index (κ1) is 20.8. The second-order valence-electron chi connectivity index (χ2n) is 7.11. The first-order valence-corrected chi connectivity index (χ1v) is 10.3. The minimum atomic E-state index is -0.354. The van der Waals surface area contributed by atoms with Crippen molar-refractivity contribution in [2.45, 2.75) is 39.7 Å². The van der Waals surface area contributed by atoms with Crippen molar-refractivity contribution in [3.63, 3.8) is 0 Å². The van der Waals surface area contributed by atoms with Crippen LogP contribution in [0.5, 0.6) is 0 Å². The second kappa shape index (κ2) is 9.54. The lowest BCUT2D eigenvalue weighted by molar-refractivity contribution is 0.0565. The van der Waals surface area contributed by atoms with Crippen molar-refractivity contribution in [1.29, 1.82) is 0 Å². The molecule has 0 aliphatic carbocycles. The van der Waals surface area contributed by atoms with Gasteiger partial charge in [-0.15, -0.1) is 0 Å². The molecule has 1 aromatic carbocycles. The number of ether oxygens (including phenoxy) is 1. The highest BCUT2D eigenvalue weighted by Gasteiger charge is 2.28. The summed E-state index contributed by atoms with van der Waals surface area (Å²) in [6, 6.07) is 7.11. The van der Waals surface area contributed by atoms with Gasteiger partial charge in [0.2, 0.25) is 0 Å². The Morgan fingerprint density at radius 1 is 1.00 bits per heavy atom. The number of unbranched alkanes of at least 4 members (excludes halogenated alkanes) is 2. The van der Waals surface area contributed by atoms with E-state index in [0.717, 1.165) is 19.3 Å². The second-order valence-corrected chi connectivity index (χ2v) is 7.11. The Hall–Kier alpha value is -2.90. The molecule has 0 atom stereocenters. The summed E-state index contributed by atoms with van der Waals surface area (Å²) >= 11 is 0. The quantitative estimate of drug-likeness (QED) is 0.696. The zero-order chi connectivity index (χ0) is 20.8. The summed E-state index contributed by atoms with van der Waals surface area (Å²) in [5.74, 6) is -0.214. The zero-order valence-electron chi connectivity index (χ0n) is 17.1. The molecule has 1 saturated heterocycles. The van der Waals surface area contributed by atoms with E-state index in [-0.39, 0.29) is 17.6 Å². The molecule has 0 saturated carbocycles. The van der Waals surface area contributed by atoms with Crippen molar-refractivity contribution in [2.75, 3.05) is 32.8 Å². The summed E-state index contributed by atoms with van der Waals surface area (Å²) in [4.78, 5) is 41.2. The molecule has 1 aliphatic rings. The van der Waals surface area contributed by atoms with Crippen LogP contribution in [0.1, 0.15) is 43.6 Å². The van der Waals surface area contributed by atoms with Crippen LogP contribution in [0.15, 0.2) is 29.1 Å². The summed E-state index contributed by atoms with van der Waals surface area (Å²) in [6.45, 7) is 6.33. The van der Waals surface area contributed by atoms with Crippen LogP contribution in [0.4, 0.5) is 4.79 Å². The smallest absolute Gasteiger partial charge is 0.409 e. The highest BCUT2D eigenvalue weighted by Crippen LogP contribution is 2.17. The fourth-order valence-electron chi connectivity index (χ4n) is 3.51. The van der Waals surface area contributed by atoms with E-state index in [0.29, 0.717) is 55.8 Å². The molecule has 1 aliphatic heterocycles. The van der Waals surface area contributed by atoms with Crippen molar-refractivity contribution in [1.82, 2.24) is 19.6 Å². The average molecular weight is 400 g/mol. The summed E-state index contributed by atoms with van der Waals surface area (Å²) in [5.41, 5.74) is 0.127. The van der Waals surface area contributed by atoms with E-state index in [1.54, 1.807) is 41.0 Å². The van der Waals surface area contributed by atoms with Gasteiger partial charge in [0.1, 0.15) is 0 Å². The Kier molecular flexibility index (Phi) is 6.85. The third kappa shape index (κ3) is 4.58. The van der Waals surface area contributed by atoms with Gasteiger partial charge in [-0.1, -0.05) is 38.0 Å². The van der Waals surface area contributed by atoms with Crippen LogP contribution < -0.4 is 5.56 Å². The molecule has 2 amide bonds. The molecule has 0 radical (unpaired) electrons. The minimum absolute atomic E-state index is 0.166. The predicted octanol–water partition coefficient (Wildman–Crippen LogP) is 2.50. The number of hydrogen-bond acceptors (Lipinski definition) is 5. The van der Waals surface area contributed by atoms with Crippen molar-refractivity contribution in [3.05, 3.63) is 40.3 Å². The van der Waals surface area contributed by atoms with Crippen LogP contribution in [0.2, 0.25) is 0 Å². The maximum Gasteiger partial charge on any atom is 0.409 e. The van der Waals surface area contributed by atoms with Crippen LogP contribution in [-0.4, -0.2) is 64.4 Å². The van der Waals surface area contributed by atoms with Crippen LogP contribution in [0, 0.1) is 0 Å². The normalized spacial score (nSPS) is 14.3. The number of aryl methyl sites for hydroxylation is 1. The molecule has 2 aromatic rings. The van der Waals surface area contributed by atoms with E-state index in [4.69, 9.17) is 4.74 Å². The number of rotatable bonds is 6. The number of benzene rings is 1. The molecule has 8 heteroatoms. The third-order valence-corrected chi connectivity index (χ3v) is 5.14. The number of aromatic nitrogens is 2. The van der Waals surface area contributed by atoms with Crippen molar-refractivity contribution in [3.8, 4) is 0 Å². The van der Waals surface area contributed by atoms with Crippen LogP contribution >= 0.6 is 0 Å². The Morgan fingerprint density at radius 2 is 1.66 bits per heavy atom. The molecule has 3 rings (SSSR count).